The zero-order valence-electron chi connectivity index (χ0n) is 11.9. The van der Waals surface area contributed by atoms with E-state index in [1.165, 1.54) is 5.56 Å². The van der Waals surface area contributed by atoms with Gasteiger partial charge in [-0.15, -0.1) is 0 Å². The zero-order chi connectivity index (χ0) is 14.9. The van der Waals surface area contributed by atoms with E-state index in [9.17, 15) is 4.79 Å². The molecule has 0 heterocycles. The Kier molecular flexibility index (Phi) is 5.37. The molecule has 0 fully saturated rings. The van der Waals surface area contributed by atoms with Crippen LogP contribution in [-0.2, 0) is 9.53 Å². The quantitative estimate of drug-likeness (QED) is 0.632. The fraction of sp³-hybridized carbons (Fsp3) is 0.105. The summed E-state index contributed by atoms with van der Waals surface area (Å²) < 4.78 is 5.01. The monoisotopic (exact) mass is 276 g/mol. The minimum atomic E-state index is -0.521. The lowest BCUT2D eigenvalue weighted by Crippen LogP contribution is -2.00. The average Bonchev–Trinajstić information content (AvgIpc) is 2.52. The molecular formula is C19H16O2. The molecule has 2 nitrogen and oxygen atoms in total. The Morgan fingerprint density at radius 2 is 1.81 bits per heavy atom. The predicted octanol–water partition coefficient (Wildman–Crippen LogP) is 3.60. The van der Waals surface area contributed by atoms with Gasteiger partial charge in [0.15, 0.2) is 0 Å². The van der Waals surface area contributed by atoms with Gasteiger partial charge in [0.05, 0.1) is 0 Å². The molecule has 0 saturated heterocycles. The van der Waals surface area contributed by atoms with E-state index in [2.05, 4.69) is 11.8 Å². The fourth-order valence-corrected chi connectivity index (χ4v) is 1.67. The number of aryl methyl sites for hydroxylation is 1. The second-order valence-corrected chi connectivity index (χ2v) is 4.53. The third kappa shape index (κ3) is 5.38. The highest BCUT2D eigenvalue weighted by Crippen LogP contribution is 2.04. The van der Waals surface area contributed by atoms with Gasteiger partial charge in [-0.3, -0.25) is 0 Å². The van der Waals surface area contributed by atoms with E-state index in [1.807, 2.05) is 67.6 Å². The molecule has 2 rings (SSSR count). The van der Waals surface area contributed by atoms with Crippen LogP contribution >= 0.6 is 0 Å². The zero-order valence-corrected chi connectivity index (χ0v) is 11.9. The van der Waals surface area contributed by atoms with Crippen molar-refractivity contribution in [3.8, 4) is 11.8 Å². The summed E-state index contributed by atoms with van der Waals surface area (Å²) in [6.07, 6.45) is 3.71. The standard InChI is InChI=1S/C19H16O2/c1-16-9-11-18(12-10-16)8-5-15-21-19(20)14-13-17-6-3-2-4-7-17/h2-12H,15H2,1H3/b8-5+. The van der Waals surface area contributed by atoms with Crippen LogP contribution in [0.25, 0.3) is 6.08 Å². The lowest BCUT2D eigenvalue weighted by Gasteiger charge is -1.96. The maximum atomic E-state index is 11.4. The van der Waals surface area contributed by atoms with E-state index in [0.717, 1.165) is 11.1 Å². The minimum Gasteiger partial charge on any atom is -0.452 e. The molecule has 2 aromatic carbocycles. The first-order valence-corrected chi connectivity index (χ1v) is 6.71. The molecule has 104 valence electrons. The van der Waals surface area contributed by atoms with Gasteiger partial charge in [-0.05, 0) is 30.7 Å². The van der Waals surface area contributed by atoms with E-state index in [-0.39, 0.29) is 6.61 Å². The number of hydrogen-bond acceptors (Lipinski definition) is 2. The van der Waals surface area contributed by atoms with E-state index >= 15 is 0 Å². The van der Waals surface area contributed by atoms with Crippen LogP contribution in [0, 0.1) is 18.8 Å². The number of benzene rings is 2. The molecule has 0 aliphatic carbocycles. The maximum Gasteiger partial charge on any atom is 0.385 e. The molecule has 2 aromatic rings. The van der Waals surface area contributed by atoms with Crippen molar-refractivity contribution >= 4 is 12.0 Å². The molecule has 0 N–H and O–H groups in total. The normalized spacial score (nSPS) is 9.95. The van der Waals surface area contributed by atoms with Crippen molar-refractivity contribution < 1.29 is 9.53 Å². The third-order valence-corrected chi connectivity index (χ3v) is 2.78. The fourth-order valence-electron chi connectivity index (χ4n) is 1.67. The molecule has 0 spiro atoms. The van der Waals surface area contributed by atoms with Crippen LogP contribution in [0.1, 0.15) is 16.7 Å². The number of carbonyl (C=O) groups is 1. The van der Waals surface area contributed by atoms with E-state index in [4.69, 9.17) is 4.74 Å². The maximum absolute atomic E-state index is 11.4. The van der Waals surface area contributed by atoms with Crippen LogP contribution in [0.3, 0.4) is 0 Å². The van der Waals surface area contributed by atoms with Gasteiger partial charge in [0.2, 0.25) is 0 Å². The number of rotatable bonds is 3. The SMILES string of the molecule is Cc1ccc(/C=C/COC(=O)C#Cc2ccccc2)cc1. The predicted molar refractivity (Wildman–Crippen MR) is 84.5 cm³/mol. The van der Waals surface area contributed by atoms with Gasteiger partial charge < -0.3 is 4.74 Å². The first-order valence-electron chi connectivity index (χ1n) is 6.71. The van der Waals surface area contributed by atoms with Gasteiger partial charge in [-0.2, -0.15) is 0 Å². The topological polar surface area (TPSA) is 26.3 Å². The van der Waals surface area contributed by atoms with Crippen LogP contribution in [0.4, 0.5) is 0 Å². The van der Waals surface area contributed by atoms with Crippen molar-refractivity contribution in [3.05, 3.63) is 77.4 Å². The Balaban J connectivity index is 1.79. The summed E-state index contributed by atoms with van der Waals surface area (Å²) in [6.45, 7) is 2.26. The van der Waals surface area contributed by atoms with Crippen molar-refractivity contribution in [1.29, 1.82) is 0 Å². The van der Waals surface area contributed by atoms with Crippen LogP contribution in [0.2, 0.25) is 0 Å². The van der Waals surface area contributed by atoms with Crippen LogP contribution in [0.15, 0.2) is 60.7 Å². The second kappa shape index (κ2) is 7.72. The van der Waals surface area contributed by atoms with Crippen molar-refractivity contribution in [3.63, 3.8) is 0 Å². The van der Waals surface area contributed by atoms with Crippen LogP contribution in [-0.4, -0.2) is 12.6 Å². The van der Waals surface area contributed by atoms with Gasteiger partial charge in [0, 0.05) is 11.5 Å². The van der Waals surface area contributed by atoms with Gasteiger partial charge in [0.25, 0.3) is 0 Å². The molecule has 0 bridgehead atoms. The number of ether oxygens (including phenoxy) is 1. The first kappa shape index (κ1) is 14.6. The summed E-state index contributed by atoms with van der Waals surface area (Å²) in [4.78, 5) is 11.4. The summed E-state index contributed by atoms with van der Waals surface area (Å²) in [5.74, 6) is 4.70. The van der Waals surface area contributed by atoms with Gasteiger partial charge >= 0.3 is 5.97 Å². The Morgan fingerprint density at radius 1 is 1.10 bits per heavy atom. The van der Waals surface area contributed by atoms with Crippen LogP contribution in [0.5, 0.6) is 0 Å². The third-order valence-electron chi connectivity index (χ3n) is 2.78. The van der Waals surface area contributed by atoms with Crippen molar-refractivity contribution in [2.24, 2.45) is 0 Å². The Morgan fingerprint density at radius 3 is 2.52 bits per heavy atom. The molecule has 0 aliphatic heterocycles. The van der Waals surface area contributed by atoms with Crippen molar-refractivity contribution in [1.82, 2.24) is 0 Å². The summed E-state index contributed by atoms with van der Waals surface area (Å²) in [5.41, 5.74) is 3.09. The lowest BCUT2D eigenvalue weighted by molar-refractivity contribution is -0.135. The summed E-state index contributed by atoms with van der Waals surface area (Å²) >= 11 is 0. The molecule has 0 saturated carbocycles. The van der Waals surface area contributed by atoms with Crippen molar-refractivity contribution in [2.45, 2.75) is 6.92 Å². The van der Waals surface area contributed by atoms with Gasteiger partial charge in [-0.1, -0.05) is 60.0 Å². The smallest absolute Gasteiger partial charge is 0.385 e. The average molecular weight is 276 g/mol. The lowest BCUT2D eigenvalue weighted by atomic mass is 10.1. The molecule has 0 aromatic heterocycles. The number of esters is 1. The summed E-state index contributed by atoms with van der Waals surface area (Å²) in [6, 6.07) is 17.5. The Labute approximate surface area is 125 Å². The molecule has 0 atom stereocenters. The Hall–Kier alpha value is -2.79. The van der Waals surface area contributed by atoms with Gasteiger partial charge in [-0.25, -0.2) is 4.79 Å². The van der Waals surface area contributed by atoms with Gasteiger partial charge in [0.1, 0.15) is 6.61 Å². The highest BCUT2D eigenvalue weighted by Gasteiger charge is 1.94. The Bertz CT molecular complexity index is 671. The molecule has 0 aliphatic rings. The summed E-state index contributed by atoms with van der Waals surface area (Å²) in [5, 5.41) is 0. The highest BCUT2D eigenvalue weighted by molar-refractivity contribution is 5.89. The van der Waals surface area contributed by atoms with E-state index < -0.39 is 5.97 Å². The van der Waals surface area contributed by atoms with E-state index in [0.29, 0.717) is 0 Å². The molecule has 0 amide bonds. The van der Waals surface area contributed by atoms with Crippen molar-refractivity contribution in [2.75, 3.05) is 6.61 Å². The number of carbonyl (C=O) groups excluding carboxylic acids is 1. The molecule has 2 heteroatoms. The minimum absolute atomic E-state index is 0.218. The highest BCUT2D eigenvalue weighted by atomic mass is 16.5. The largest absolute Gasteiger partial charge is 0.452 e. The molecular weight excluding hydrogens is 260 g/mol. The van der Waals surface area contributed by atoms with E-state index in [1.54, 1.807) is 6.08 Å². The first-order chi connectivity index (χ1) is 10.2. The summed E-state index contributed by atoms with van der Waals surface area (Å²) in [7, 11) is 0. The second-order valence-electron chi connectivity index (χ2n) is 4.53. The molecule has 21 heavy (non-hydrogen) atoms. The van der Waals surface area contributed by atoms with Crippen LogP contribution < -0.4 is 0 Å². The number of hydrogen-bond donors (Lipinski definition) is 0. The molecule has 0 unspecified atom stereocenters. The molecule has 0 radical (unpaired) electrons.